The number of aromatic nitrogens is 1. The Balaban J connectivity index is 2.13. The van der Waals surface area contributed by atoms with E-state index >= 15 is 0 Å². The van der Waals surface area contributed by atoms with E-state index in [0.717, 1.165) is 6.42 Å². The van der Waals surface area contributed by atoms with Crippen molar-refractivity contribution in [3.05, 3.63) is 11.6 Å². The Morgan fingerprint density at radius 2 is 2.28 bits per heavy atom. The minimum atomic E-state index is -0.346. The average Bonchev–Trinajstić information content (AvgIpc) is 2.81. The predicted octanol–water partition coefficient (Wildman–Crippen LogP) is 1.57. The van der Waals surface area contributed by atoms with Crippen LogP contribution in [0, 0.1) is 0 Å². The Hall–Kier alpha value is -1.63. The lowest BCUT2D eigenvalue weighted by atomic mass is 10.2. The van der Waals surface area contributed by atoms with Crippen LogP contribution in [0.4, 0.5) is 9.93 Å². The van der Waals surface area contributed by atoms with E-state index < -0.39 is 0 Å². The van der Waals surface area contributed by atoms with Gasteiger partial charge in [-0.2, -0.15) is 0 Å². The van der Waals surface area contributed by atoms with Crippen LogP contribution in [0.1, 0.15) is 26.7 Å². The first kappa shape index (κ1) is 14.4. The van der Waals surface area contributed by atoms with Crippen LogP contribution in [0.25, 0.3) is 0 Å². The molecular weight excluding hydrogens is 252 g/mol. The summed E-state index contributed by atoms with van der Waals surface area (Å²) in [6.45, 7) is 4.25. The van der Waals surface area contributed by atoms with Crippen LogP contribution in [-0.2, 0) is 4.79 Å². The topological polar surface area (TPSA) is 83.1 Å². The quantitative estimate of drug-likeness (QED) is 0.733. The third-order valence-corrected chi connectivity index (χ3v) is 3.00. The molecule has 3 N–H and O–H groups in total. The van der Waals surface area contributed by atoms with Crippen LogP contribution < -0.4 is 16.0 Å². The Bertz CT molecular complexity index is 380. The predicted molar refractivity (Wildman–Crippen MR) is 71.6 cm³/mol. The first-order valence-corrected chi connectivity index (χ1v) is 6.73. The van der Waals surface area contributed by atoms with Crippen LogP contribution in [0.3, 0.4) is 0 Å². The highest BCUT2D eigenvalue weighted by molar-refractivity contribution is 7.13. The molecule has 1 aromatic rings. The number of hydrogen-bond acceptors (Lipinski definition) is 4. The maximum absolute atomic E-state index is 11.4. The summed E-state index contributed by atoms with van der Waals surface area (Å²) >= 11 is 1.34. The van der Waals surface area contributed by atoms with Gasteiger partial charge in [0, 0.05) is 30.6 Å². The summed E-state index contributed by atoms with van der Waals surface area (Å²) in [4.78, 5) is 26.7. The average molecular weight is 270 g/mol. The smallest absolute Gasteiger partial charge is 0.321 e. The van der Waals surface area contributed by atoms with Gasteiger partial charge in [0.25, 0.3) is 0 Å². The number of anilines is 1. The second-order valence-electron chi connectivity index (χ2n) is 3.84. The van der Waals surface area contributed by atoms with Crippen molar-refractivity contribution in [2.24, 2.45) is 0 Å². The highest BCUT2D eigenvalue weighted by atomic mass is 32.1. The van der Waals surface area contributed by atoms with E-state index in [1.165, 1.54) is 11.3 Å². The summed E-state index contributed by atoms with van der Waals surface area (Å²) < 4.78 is 0. The van der Waals surface area contributed by atoms with Gasteiger partial charge in [-0.3, -0.25) is 10.1 Å². The van der Waals surface area contributed by atoms with Crippen molar-refractivity contribution in [2.45, 2.75) is 32.7 Å². The van der Waals surface area contributed by atoms with E-state index in [-0.39, 0.29) is 24.4 Å². The number of hydrogen-bond donors (Lipinski definition) is 3. The maximum atomic E-state index is 11.4. The molecule has 0 radical (unpaired) electrons. The van der Waals surface area contributed by atoms with E-state index in [4.69, 9.17) is 0 Å². The fourth-order valence-electron chi connectivity index (χ4n) is 1.17. The Morgan fingerprint density at radius 3 is 2.89 bits per heavy atom. The van der Waals surface area contributed by atoms with Gasteiger partial charge in [-0.15, -0.1) is 11.3 Å². The van der Waals surface area contributed by atoms with Gasteiger partial charge in [-0.05, 0) is 13.3 Å². The Kier molecular flexibility index (Phi) is 6.13. The fourth-order valence-corrected chi connectivity index (χ4v) is 1.69. The van der Waals surface area contributed by atoms with Crippen LogP contribution in [0.2, 0.25) is 0 Å². The minimum absolute atomic E-state index is 0.0566. The van der Waals surface area contributed by atoms with Gasteiger partial charge in [-0.25, -0.2) is 9.78 Å². The number of nitrogens with zero attached hydrogens (tertiary/aromatic N) is 1. The summed E-state index contributed by atoms with van der Waals surface area (Å²) in [5, 5.41) is 10.3. The summed E-state index contributed by atoms with van der Waals surface area (Å²) in [5.41, 5.74) is 0. The number of rotatable bonds is 6. The van der Waals surface area contributed by atoms with E-state index in [0.29, 0.717) is 11.7 Å². The Morgan fingerprint density at radius 1 is 1.50 bits per heavy atom. The monoisotopic (exact) mass is 270 g/mol. The maximum Gasteiger partial charge on any atom is 0.321 e. The highest BCUT2D eigenvalue weighted by Gasteiger charge is 2.07. The number of carbonyl (C=O) groups is 2. The summed E-state index contributed by atoms with van der Waals surface area (Å²) in [6, 6.07) is -0.178. The second-order valence-corrected chi connectivity index (χ2v) is 4.74. The van der Waals surface area contributed by atoms with Crippen LogP contribution in [-0.4, -0.2) is 29.5 Å². The molecule has 0 aliphatic rings. The zero-order valence-electron chi connectivity index (χ0n) is 10.5. The third-order valence-electron chi connectivity index (χ3n) is 2.31. The molecule has 0 saturated carbocycles. The molecule has 0 bridgehead atoms. The van der Waals surface area contributed by atoms with Gasteiger partial charge in [0.2, 0.25) is 5.91 Å². The molecule has 0 spiro atoms. The first-order valence-electron chi connectivity index (χ1n) is 5.85. The normalized spacial score (nSPS) is 11.7. The number of nitrogens with one attached hydrogen (secondary N) is 3. The van der Waals surface area contributed by atoms with E-state index in [1.807, 2.05) is 13.8 Å². The standard InChI is InChI=1S/C11H18N4O2S/c1-3-8(2)14-9(16)4-5-12-10(17)15-11-13-6-7-18-11/h6-8H,3-5H2,1-2H3,(H,14,16)(H2,12,13,15,17)/t8-/m1/s1. The Labute approximate surface area is 110 Å². The third kappa shape index (κ3) is 5.62. The van der Waals surface area contributed by atoms with Crippen LogP contribution in [0.15, 0.2) is 11.6 Å². The molecule has 0 aromatic carbocycles. The molecule has 0 unspecified atom stereocenters. The molecule has 1 rings (SSSR count). The van der Waals surface area contributed by atoms with Gasteiger partial charge in [0.15, 0.2) is 5.13 Å². The number of amides is 3. The van der Waals surface area contributed by atoms with E-state index in [9.17, 15) is 9.59 Å². The lowest BCUT2D eigenvalue weighted by Gasteiger charge is -2.11. The zero-order valence-corrected chi connectivity index (χ0v) is 11.3. The summed E-state index contributed by atoms with van der Waals surface area (Å²) in [6.07, 6.45) is 2.78. The molecule has 3 amide bonds. The van der Waals surface area contributed by atoms with Crippen molar-refractivity contribution in [3.63, 3.8) is 0 Å². The largest absolute Gasteiger partial charge is 0.354 e. The molecule has 1 heterocycles. The minimum Gasteiger partial charge on any atom is -0.354 e. The van der Waals surface area contributed by atoms with Gasteiger partial charge >= 0.3 is 6.03 Å². The first-order chi connectivity index (χ1) is 8.61. The van der Waals surface area contributed by atoms with Crippen molar-refractivity contribution in [3.8, 4) is 0 Å². The summed E-state index contributed by atoms with van der Waals surface area (Å²) in [5.74, 6) is -0.0566. The zero-order chi connectivity index (χ0) is 13.4. The number of urea groups is 1. The van der Waals surface area contributed by atoms with Crippen LogP contribution in [0.5, 0.6) is 0 Å². The lowest BCUT2D eigenvalue weighted by Crippen LogP contribution is -2.36. The van der Waals surface area contributed by atoms with Gasteiger partial charge in [-0.1, -0.05) is 6.92 Å². The molecule has 7 heteroatoms. The molecule has 6 nitrogen and oxygen atoms in total. The van der Waals surface area contributed by atoms with Gasteiger partial charge in [0.1, 0.15) is 0 Å². The van der Waals surface area contributed by atoms with Crippen molar-refractivity contribution < 1.29 is 9.59 Å². The van der Waals surface area contributed by atoms with E-state index in [1.54, 1.807) is 11.6 Å². The van der Waals surface area contributed by atoms with Crippen molar-refractivity contribution in [2.75, 3.05) is 11.9 Å². The van der Waals surface area contributed by atoms with E-state index in [2.05, 4.69) is 20.9 Å². The molecule has 0 aliphatic heterocycles. The fraction of sp³-hybridized carbons (Fsp3) is 0.545. The number of thiazole rings is 1. The van der Waals surface area contributed by atoms with Crippen molar-refractivity contribution in [1.29, 1.82) is 0 Å². The molecule has 0 fully saturated rings. The molecule has 1 aromatic heterocycles. The van der Waals surface area contributed by atoms with Gasteiger partial charge < -0.3 is 10.6 Å². The molecule has 1 atom stereocenters. The SMILES string of the molecule is CC[C@@H](C)NC(=O)CCNC(=O)Nc1nccs1. The lowest BCUT2D eigenvalue weighted by molar-refractivity contribution is -0.121. The molecule has 0 saturated heterocycles. The van der Waals surface area contributed by atoms with Crippen molar-refractivity contribution in [1.82, 2.24) is 15.6 Å². The van der Waals surface area contributed by atoms with Gasteiger partial charge in [0.05, 0.1) is 0 Å². The molecule has 0 aliphatic carbocycles. The molecule has 18 heavy (non-hydrogen) atoms. The second kappa shape index (κ2) is 7.65. The number of carbonyl (C=O) groups excluding carboxylic acids is 2. The van der Waals surface area contributed by atoms with Crippen molar-refractivity contribution >= 4 is 28.4 Å². The summed E-state index contributed by atoms with van der Waals surface area (Å²) in [7, 11) is 0. The molecular formula is C11H18N4O2S. The van der Waals surface area contributed by atoms with Crippen LogP contribution >= 0.6 is 11.3 Å². The highest BCUT2D eigenvalue weighted by Crippen LogP contribution is 2.09. The molecule has 100 valence electrons.